The summed E-state index contributed by atoms with van der Waals surface area (Å²) in [6.45, 7) is 0. The Morgan fingerprint density at radius 1 is 1.10 bits per heavy atom. The molecule has 0 N–H and O–H groups in total. The van der Waals surface area contributed by atoms with Gasteiger partial charge in [0.1, 0.15) is 5.75 Å². The SMILES string of the molecule is COc1cccc(-c2nnc(SCC(=O)c3cccn3C)n2-c2ccc(Cl)cc2)c1. The van der Waals surface area contributed by atoms with Gasteiger partial charge in [-0.1, -0.05) is 35.5 Å². The molecule has 2 heterocycles. The number of benzene rings is 2. The fourth-order valence-electron chi connectivity index (χ4n) is 3.09. The number of halogens is 1. The number of aromatic nitrogens is 4. The Labute approximate surface area is 183 Å². The maximum atomic E-state index is 12.6. The number of ketones is 1. The Morgan fingerprint density at radius 3 is 2.60 bits per heavy atom. The molecule has 30 heavy (non-hydrogen) atoms. The van der Waals surface area contributed by atoms with Crippen LogP contribution in [0.3, 0.4) is 0 Å². The second kappa shape index (κ2) is 8.77. The van der Waals surface area contributed by atoms with E-state index in [-0.39, 0.29) is 11.5 Å². The average molecular weight is 439 g/mol. The molecule has 0 aliphatic rings. The smallest absolute Gasteiger partial charge is 0.196 e. The Bertz CT molecular complexity index is 1180. The molecular formula is C22H19ClN4O2S. The zero-order chi connectivity index (χ0) is 21.1. The molecule has 0 radical (unpaired) electrons. The number of aryl methyl sites for hydroxylation is 1. The molecule has 0 unspecified atom stereocenters. The number of hydrogen-bond acceptors (Lipinski definition) is 5. The van der Waals surface area contributed by atoms with Crippen molar-refractivity contribution in [2.24, 2.45) is 7.05 Å². The van der Waals surface area contributed by atoms with E-state index in [1.165, 1.54) is 11.8 Å². The fourth-order valence-corrected chi connectivity index (χ4v) is 4.04. The molecule has 0 saturated carbocycles. The third-order valence-corrected chi connectivity index (χ3v) is 5.79. The molecule has 0 saturated heterocycles. The Hall–Kier alpha value is -3.03. The minimum atomic E-state index is 0.0288. The van der Waals surface area contributed by atoms with Crippen LogP contribution in [0.2, 0.25) is 5.02 Å². The number of hydrogen-bond donors (Lipinski definition) is 0. The molecule has 152 valence electrons. The van der Waals surface area contributed by atoms with Gasteiger partial charge in [-0.3, -0.25) is 9.36 Å². The minimum absolute atomic E-state index is 0.0288. The molecule has 0 bridgehead atoms. The minimum Gasteiger partial charge on any atom is -0.497 e. The van der Waals surface area contributed by atoms with Crippen LogP contribution in [-0.2, 0) is 7.05 Å². The van der Waals surface area contributed by atoms with Gasteiger partial charge in [-0.05, 0) is 48.5 Å². The van der Waals surface area contributed by atoms with Gasteiger partial charge in [-0.25, -0.2) is 0 Å². The maximum Gasteiger partial charge on any atom is 0.196 e. The third-order valence-electron chi connectivity index (χ3n) is 4.61. The van der Waals surface area contributed by atoms with Crippen LogP contribution in [0.1, 0.15) is 10.5 Å². The average Bonchev–Trinajstić information content (AvgIpc) is 3.39. The van der Waals surface area contributed by atoms with Gasteiger partial charge in [0.05, 0.1) is 18.6 Å². The van der Waals surface area contributed by atoms with Crippen molar-refractivity contribution >= 4 is 29.1 Å². The van der Waals surface area contributed by atoms with Crippen molar-refractivity contribution in [3.8, 4) is 22.8 Å². The lowest BCUT2D eigenvalue weighted by Crippen LogP contribution is -2.08. The molecule has 2 aromatic heterocycles. The van der Waals surface area contributed by atoms with Gasteiger partial charge in [0.2, 0.25) is 0 Å². The number of nitrogens with zero attached hydrogens (tertiary/aromatic N) is 4. The molecular weight excluding hydrogens is 420 g/mol. The van der Waals surface area contributed by atoms with Crippen LogP contribution in [0.4, 0.5) is 0 Å². The van der Waals surface area contributed by atoms with E-state index >= 15 is 0 Å². The Morgan fingerprint density at radius 2 is 1.90 bits per heavy atom. The topological polar surface area (TPSA) is 61.9 Å². The Balaban J connectivity index is 1.71. The molecule has 0 spiro atoms. The second-order valence-corrected chi connectivity index (χ2v) is 7.95. The number of carbonyl (C=O) groups excluding carboxylic acids is 1. The van der Waals surface area contributed by atoms with Crippen LogP contribution in [-0.4, -0.2) is 38.0 Å². The van der Waals surface area contributed by atoms with Crippen LogP contribution in [0.25, 0.3) is 17.1 Å². The molecule has 0 aliphatic carbocycles. The highest BCUT2D eigenvalue weighted by Gasteiger charge is 2.19. The zero-order valence-electron chi connectivity index (χ0n) is 16.4. The second-order valence-electron chi connectivity index (χ2n) is 6.57. The van der Waals surface area contributed by atoms with Crippen LogP contribution in [0, 0.1) is 0 Å². The number of methoxy groups -OCH3 is 1. The first kappa shape index (κ1) is 20.3. The Kier molecular flexibility index (Phi) is 5.92. The van der Waals surface area contributed by atoms with Crippen molar-refractivity contribution in [3.05, 3.63) is 77.6 Å². The van der Waals surface area contributed by atoms with Gasteiger partial charge in [0.25, 0.3) is 0 Å². The molecule has 0 aliphatic heterocycles. The molecule has 0 atom stereocenters. The van der Waals surface area contributed by atoms with E-state index in [2.05, 4.69) is 10.2 Å². The molecule has 8 heteroatoms. The van der Waals surface area contributed by atoms with Gasteiger partial charge < -0.3 is 9.30 Å². The van der Waals surface area contributed by atoms with Crippen LogP contribution < -0.4 is 4.74 Å². The summed E-state index contributed by atoms with van der Waals surface area (Å²) in [6.07, 6.45) is 1.86. The van der Waals surface area contributed by atoms with E-state index in [4.69, 9.17) is 16.3 Å². The standard InChI is InChI=1S/C22H19ClN4O2S/c1-26-12-4-7-19(26)20(28)14-30-22-25-24-21(15-5-3-6-18(13-15)29-2)27(22)17-10-8-16(23)9-11-17/h3-13H,14H2,1-2H3. The van der Waals surface area contributed by atoms with Crippen molar-refractivity contribution in [2.75, 3.05) is 12.9 Å². The van der Waals surface area contributed by atoms with Crippen LogP contribution in [0.15, 0.2) is 72.0 Å². The first-order valence-electron chi connectivity index (χ1n) is 9.20. The highest BCUT2D eigenvalue weighted by molar-refractivity contribution is 7.99. The van der Waals surface area contributed by atoms with Gasteiger partial charge >= 0.3 is 0 Å². The zero-order valence-corrected chi connectivity index (χ0v) is 18.0. The van der Waals surface area contributed by atoms with E-state index in [1.807, 2.05) is 83.0 Å². The van der Waals surface area contributed by atoms with E-state index in [0.717, 1.165) is 17.0 Å². The van der Waals surface area contributed by atoms with E-state index in [9.17, 15) is 4.79 Å². The van der Waals surface area contributed by atoms with Gasteiger partial charge in [-0.2, -0.15) is 0 Å². The fraction of sp³-hybridized carbons (Fsp3) is 0.136. The maximum absolute atomic E-state index is 12.6. The molecule has 0 amide bonds. The molecule has 0 fully saturated rings. The number of rotatable bonds is 7. The van der Waals surface area contributed by atoms with E-state index in [0.29, 0.717) is 21.7 Å². The first-order chi connectivity index (χ1) is 14.6. The van der Waals surface area contributed by atoms with Crippen molar-refractivity contribution in [1.82, 2.24) is 19.3 Å². The van der Waals surface area contributed by atoms with Gasteiger partial charge in [0, 0.05) is 29.5 Å². The predicted molar refractivity (Wildman–Crippen MR) is 119 cm³/mol. The number of Topliss-reactive ketones (excluding diaryl/α,β-unsaturated/α-hetero) is 1. The summed E-state index contributed by atoms with van der Waals surface area (Å²) >= 11 is 7.42. The highest BCUT2D eigenvalue weighted by atomic mass is 35.5. The first-order valence-corrected chi connectivity index (χ1v) is 10.6. The summed E-state index contributed by atoms with van der Waals surface area (Å²) in [5.41, 5.74) is 2.38. The molecule has 2 aromatic carbocycles. The number of ether oxygens (including phenoxy) is 1. The van der Waals surface area contributed by atoms with Crippen molar-refractivity contribution in [1.29, 1.82) is 0 Å². The third kappa shape index (κ3) is 4.13. The van der Waals surface area contributed by atoms with Crippen LogP contribution in [0.5, 0.6) is 5.75 Å². The largest absolute Gasteiger partial charge is 0.497 e. The quantitative estimate of drug-likeness (QED) is 0.303. The summed E-state index contributed by atoms with van der Waals surface area (Å²) in [6, 6.07) is 18.7. The normalized spacial score (nSPS) is 10.9. The van der Waals surface area contributed by atoms with Crippen molar-refractivity contribution in [2.45, 2.75) is 5.16 Å². The van der Waals surface area contributed by atoms with E-state index < -0.39 is 0 Å². The molecule has 4 rings (SSSR count). The summed E-state index contributed by atoms with van der Waals surface area (Å²) in [4.78, 5) is 12.6. The summed E-state index contributed by atoms with van der Waals surface area (Å²) in [5.74, 6) is 1.67. The summed E-state index contributed by atoms with van der Waals surface area (Å²) in [7, 11) is 3.48. The van der Waals surface area contributed by atoms with Gasteiger partial charge in [0.15, 0.2) is 16.8 Å². The van der Waals surface area contributed by atoms with Crippen LogP contribution >= 0.6 is 23.4 Å². The molecule has 4 aromatic rings. The number of thioether (sulfide) groups is 1. The lowest BCUT2D eigenvalue weighted by molar-refractivity contribution is 0.101. The predicted octanol–water partition coefficient (Wildman–Crippen LogP) is 4.91. The van der Waals surface area contributed by atoms with E-state index in [1.54, 1.807) is 7.11 Å². The lowest BCUT2D eigenvalue weighted by Gasteiger charge is -2.11. The molecule has 6 nitrogen and oxygen atoms in total. The van der Waals surface area contributed by atoms with Crippen molar-refractivity contribution < 1.29 is 9.53 Å². The van der Waals surface area contributed by atoms with Crippen molar-refractivity contribution in [3.63, 3.8) is 0 Å². The lowest BCUT2D eigenvalue weighted by atomic mass is 10.2. The number of carbonyl (C=O) groups is 1. The van der Waals surface area contributed by atoms with Gasteiger partial charge in [-0.15, -0.1) is 10.2 Å². The summed E-state index contributed by atoms with van der Waals surface area (Å²) in [5, 5.41) is 10.0. The highest BCUT2D eigenvalue weighted by Crippen LogP contribution is 2.30. The monoisotopic (exact) mass is 438 g/mol. The summed E-state index contributed by atoms with van der Waals surface area (Å²) < 4.78 is 9.09.